The van der Waals surface area contributed by atoms with Crippen molar-refractivity contribution < 1.29 is 13.2 Å². The van der Waals surface area contributed by atoms with Gasteiger partial charge < -0.3 is 4.42 Å². The molecule has 0 radical (unpaired) electrons. The minimum atomic E-state index is -0.547. The fourth-order valence-corrected chi connectivity index (χ4v) is 2.11. The third kappa shape index (κ3) is 2.97. The van der Waals surface area contributed by atoms with Gasteiger partial charge in [0.25, 0.3) is 0 Å². The topological polar surface area (TPSA) is 16.4 Å². The van der Waals surface area contributed by atoms with E-state index in [1.807, 2.05) is 11.0 Å². The van der Waals surface area contributed by atoms with Gasteiger partial charge in [0.2, 0.25) is 0 Å². The van der Waals surface area contributed by atoms with Crippen LogP contribution in [0.5, 0.6) is 0 Å². The van der Waals surface area contributed by atoms with Gasteiger partial charge >= 0.3 is 0 Å². The van der Waals surface area contributed by atoms with Crippen molar-refractivity contribution in [3.63, 3.8) is 0 Å². The van der Waals surface area contributed by atoms with E-state index in [0.29, 0.717) is 6.54 Å². The Morgan fingerprint density at radius 3 is 2.67 bits per heavy atom. The zero-order chi connectivity index (χ0) is 13.1. The molecule has 0 saturated carbocycles. The summed E-state index contributed by atoms with van der Waals surface area (Å²) >= 11 is 3.06. The summed E-state index contributed by atoms with van der Waals surface area (Å²) in [5, 5.41) is 0. The molecule has 18 heavy (non-hydrogen) atoms. The van der Waals surface area contributed by atoms with Gasteiger partial charge in [0, 0.05) is 24.2 Å². The quantitative estimate of drug-likeness (QED) is 0.794. The van der Waals surface area contributed by atoms with Crippen LogP contribution in [-0.4, -0.2) is 11.9 Å². The van der Waals surface area contributed by atoms with Crippen molar-refractivity contribution in [3.05, 3.63) is 58.0 Å². The van der Waals surface area contributed by atoms with Gasteiger partial charge in [-0.3, -0.25) is 4.90 Å². The van der Waals surface area contributed by atoms with E-state index < -0.39 is 11.6 Å². The van der Waals surface area contributed by atoms with Crippen LogP contribution >= 0.6 is 15.9 Å². The average Bonchev–Trinajstić information content (AvgIpc) is 2.82. The smallest absolute Gasteiger partial charge is 0.144 e. The van der Waals surface area contributed by atoms with Crippen molar-refractivity contribution in [2.45, 2.75) is 13.1 Å². The van der Waals surface area contributed by atoms with Gasteiger partial charge in [0.1, 0.15) is 11.6 Å². The summed E-state index contributed by atoms with van der Waals surface area (Å²) in [6.07, 6.45) is 3.19. The molecule has 0 aliphatic rings. The molecule has 0 N–H and O–H groups in total. The first-order valence-corrected chi connectivity index (χ1v) is 6.19. The van der Waals surface area contributed by atoms with E-state index in [0.717, 1.165) is 5.56 Å². The SMILES string of the molecule is CN(Cc1ccoc1)Cc1c(F)ccc(Br)c1F. The molecule has 5 heteroatoms. The second kappa shape index (κ2) is 5.63. The maximum Gasteiger partial charge on any atom is 0.144 e. The number of benzene rings is 1. The molecule has 0 fully saturated rings. The van der Waals surface area contributed by atoms with E-state index in [9.17, 15) is 8.78 Å². The molecule has 96 valence electrons. The van der Waals surface area contributed by atoms with E-state index in [-0.39, 0.29) is 16.6 Å². The lowest BCUT2D eigenvalue weighted by atomic mass is 10.2. The molecule has 1 aromatic heterocycles. The van der Waals surface area contributed by atoms with Gasteiger partial charge in [-0.2, -0.15) is 0 Å². The van der Waals surface area contributed by atoms with Gasteiger partial charge in [-0.05, 0) is 41.2 Å². The van der Waals surface area contributed by atoms with Gasteiger partial charge in [-0.1, -0.05) is 0 Å². The number of rotatable bonds is 4. The summed E-state index contributed by atoms with van der Waals surface area (Å²) < 4.78 is 32.6. The van der Waals surface area contributed by atoms with Gasteiger partial charge in [0.05, 0.1) is 17.0 Å². The lowest BCUT2D eigenvalue weighted by molar-refractivity contribution is 0.306. The summed E-state index contributed by atoms with van der Waals surface area (Å²) in [4.78, 5) is 1.82. The van der Waals surface area contributed by atoms with Gasteiger partial charge in [-0.25, -0.2) is 8.78 Å². The lowest BCUT2D eigenvalue weighted by Gasteiger charge is -2.17. The minimum Gasteiger partial charge on any atom is -0.472 e. The van der Waals surface area contributed by atoms with Crippen molar-refractivity contribution in [1.29, 1.82) is 0 Å². The monoisotopic (exact) mass is 315 g/mol. The Labute approximate surface area is 112 Å². The average molecular weight is 316 g/mol. The van der Waals surface area contributed by atoms with Crippen molar-refractivity contribution in [2.24, 2.45) is 0 Å². The van der Waals surface area contributed by atoms with Crippen molar-refractivity contribution in [1.82, 2.24) is 4.90 Å². The van der Waals surface area contributed by atoms with E-state index >= 15 is 0 Å². The molecule has 2 rings (SSSR count). The fraction of sp³-hybridized carbons (Fsp3) is 0.231. The highest BCUT2D eigenvalue weighted by Crippen LogP contribution is 2.23. The first kappa shape index (κ1) is 13.2. The number of hydrogen-bond donors (Lipinski definition) is 0. The van der Waals surface area contributed by atoms with Gasteiger partial charge in [0.15, 0.2) is 0 Å². The second-order valence-corrected chi connectivity index (χ2v) is 4.98. The van der Waals surface area contributed by atoms with Crippen LogP contribution in [0.15, 0.2) is 39.6 Å². The molecule has 0 aliphatic carbocycles. The molecule has 0 unspecified atom stereocenters. The molecular weight excluding hydrogens is 304 g/mol. The predicted molar refractivity (Wildman–Crippen MR) is 67.9 cm³/mol. The zero-order valence-electron chi connectivity index (χ0n) is 9.79. The van der Waals surface area contributed by atoms with Crippen LogP contribution in [0.3, 0.4) is 0 Å². The molecule has 0 atom stereocenters. The predicted octanol–water partition coefficient (Wildman–Crippen LogP) is 3.95. The highest BCUT2D eigenvalue weighted by Gasteiger charge is 2.14. The van der Waals surface area contributed by atoms with Crippen LogP contribution in [0.4, 0.5) is 8.78 Å². The molecule has 2 aromatic rings. The van der Waals surface area contributed by atoms with Crippen LogP contribution < -0.4 is 0 Å². The minimum absolute atomic E-state index is 0.0652. The second-order valence-electron chi connectivity index (χ2n) is 4.13. The Bertz CT molecular complexity index is 528. The molecule has 1 aromatic carbocycles. The summed E-state index contributed by atoms with van der Waals surface area (Å²) in [7, 11) is 1.80. The Kier molecular flexibility index (Phi) is 4.14. The highest BCUT2D eigenvalue weighted by atomic mass is 79.9. The molecule has 0 bridgehead atoms. The molecule has 0 aliphatic heterocycles. The van der Waals surface area contributed by atoms with Crippen LogP contribution in [0.1, 0.15) is 11.1 Å². The normalized spacial score (nSPS) is 11.2. The standard InChI is InChI=1S/C13H12BrF2NO/c1-17(6-9-4-5-18-8-9)7-10-12(15)3-2-11(14)13(10)16/h2-5,8H,6-7H2,1H3. The van der Waals surface area contributed by atoms with Gasteiger partial charge in [-0.15, -0.1) is 0 Å². The Morgan fingerprint density at radius 1 is 1.22 bits per heavy atom. The summed E-state index contributed by atoms with van der Waals surface area (Å²) in [6, 6.07) is 4.45. The first-order valence-electron chi connectivity index (χ1n) is 5.40. The molecule has 0 spiro atoms. The number of halogens is 3. The van der Waals surface area contributed by atoms with E-state index in [1.54, 1.807) is 19.6 Å². The van der Waals surface area contributed by atoms with Crippen LogP contribution in [0.2, 0.25) is 0 Å². The van der Waals surface area contributed by atoms with E-state index in [1.165, 1.54) is 12.1 Å². The number of furan rings is 1. The maximum absolute atomic E-state index is 13.8. The largest absolute Gasteiger partial charge is 0.472 e. The summed E-state index contributed by atoms with van der Waals surface area (Å²) in [6.45, 7) is 0.768. The zero-order valence-corrected chi connectivity index (χ0v) is 11.4. The maximum atomic E-state index is 13.8. The Morgan fingerprint density at radius 2 is 2.00 bits per heavy atom. The molecule has 0 saturated heterocycles. The fourth-order valence-electron chi connectivity index (χ4n) is 1.73. The van der Waals surface area contributed by atoms with Crippen LogP contribution in [0, 0.1) is 11.6 Å². The third-order valence-electron chi connectivity index (χ3n) is 2.60. The Hall–Kier alpha value is -1.20. The molecule has 0 amide bonds. The van der Waals surface area contributed by atoms with E-state index in [4.69, 9.17) is 4.42 Å². The van der Waals surface area contributed by atoms with Crippen LogP contribution in [0.25, 0.3) is 0 Å². The first-order chi connectivity index (χ1) is 8.58. The lowest BCUT2D eigenvalue weighted by Crippen LogP contribution is -2.18. The molecular formula is C13H12BrF2NO. The Balaban J connectivity index is 2.11. The summed E-state index contributed by atoms with van der Waals surface area (Å²) in [5.74, 6) is -1.08. The van der Waals surface area contributed by atoms with Crippen molar-refractivity contribution >= 4 is 15.9 Å². The molecule has 1 heterocycles. The highest BCUT2D eigenvalue weighted by molar-refractivity contribution is 9.10. The third-order valence-corrected chi connectivity index (χ3v) is 3.21. The van der Waals surface area contributed by atoms with E-state index in [2.05, 4.69) is 15.9 Å². The number of nitrogens with zero attached hydrogens (tertiary/aromatic N) is 1. The number of hydrogen-bond acceptors (Lipinski definition) is 2. The van der Waals surface area contributed by atoms with Crippen LogP contribution in [-0.2, 0) is 13.1 Å². The van der Waals surface area contributed by atoms with Crippen molar-refractivity contribution in [2.75, 3.05) is 7.05 Å². The van der Waals surface area contributed by atoms with Crippen molar-refractivity contribution in [3.8, 4) is 0 Å². The summed E-state index contributed by atoms with van der Waals surface area (Å²) in [5.41, 5.74) is 1.03. The molecule has 2 nitrogen and oxygen atoms in total.